The molecule has 0 aromatic rings. The second-order valence-corrected chi connectivity index (χ2v) is 3.63. The van der Waals surface area contributed by atoms with Crippen molar-refractivity contribution < 1.29 is 14.8 Å². The Labute approximate surface area is 91.3 Å². The Morgan fingerprint density at radius 1 is 0.600 bits per heavy atom. The minimum Gasteiger partial charge on any atom is -0.317 e. The van der Waals surface area contributed by atoms with Crippen LogP contribution in [-0.4, -0.2) is 39.4 Å². The molecule has 0 saturated carbocycles. The molecule has 1 fully saturated rings. The van der Waals surface area contributed by atoms with Crippen LogP contribution >= 0.6 is 0 Å². The van der Waals surface area contributed by atoms with Crippen molar-refractivity contribution in [2.45, 2.75) is 25.7 Å². The maximum absolute atomic E-state index is 4.82. The Hall–Kier alpha value is -0.200. The molecule has 0 unspecified atom stereocenters. The fourth-order valence-electron chi connectivity index (χ4n) is 1.40. The van der Waals surface area contributed by atoms with Gasteiger partial charge in [-0.2, -0.15) is 0 Å². The summed E-state index contributed by atoms with van der Waals surface area (Å²) in [6.45, 7) is 5.02. The smallest absolute Gasteiger partial charge is 0.0978 e. The molecule has 0 amide bonds. The highest BCUT2D eigenvalue weighted by molar-refractivity contribution is 4.51. The molecule has 0 spiro atoms. The predicted octanol–water partition coefficient (Wildman–Crippen LogP) is 0.619. The molecule has 5 heteroatoms. The second-order valence-electron chi connectivity index (χ2n) is 3.63. The molecule has 90 valence electrons. The van der Waals surface area contributed by atoms with E-state index in [0.29, 0.717) is 13.2 Å². The summed E-state index contributed by atoms with van der Waals surface area (Å²) in [5.41, 5.74) is 0. The van der Waals surface area contributed by atoms with E-state index in [1.54, 1.807) is 0 Å². The van der Waals surface area contributed by atoms with E-state index in [1.165, 1.54) is 19.3 Å². The van der Waals surface area contributed by atoms with Gasteiger partial charge in [0.1, 0.15) is 0 Å². The van der Waals surface area contributed by atoms with Gasteiger partial charge in [-0.1, -0.05) is 11.5 Å². The van der Waals surface area contributed by atoms with E-state index in [9.17, 15) is 0 Å². The van der Waals surface area contributed by atoms with Gasteiger partial charge in [-0.25, -0.2) is 9.78 Å². The lowest BCUT2D eigenvalue weighted by Crippen LogP contribution is -2.21. The first-order chi connectivity index (χ1) is 7.50. The molecule has 1 rings (SSSR count). The average Bonchev–Trinajstić information content (AvgIpc) is 2.27. The van der Waals surface area contributed by atoms with Crippen molar-refractivity contribution in [3.05, 3.63) is 0 Å². The van der Waals surface area contributed by atoms with E-state index in [0.717, 1.165) is 32.6 Å². The SMILES string of the molecule is C1CCNCCCOOOCCNCC1. The Balaban J connectivity index is 2.01. The molecule has 1 saturated heterocycles. The molecular weight excluding hydrogens is 196 g/mol. The van der Waals surface area contributed by atoms with Crippen LogP contribution in [0.1, 0.15) is 25.7 Å². The standard InChI is InChI=1S/C10H22N2O3/c1-2-5-11-7-4-9-13-15-14-10-8-12-6-3-1/h11-12H,1-10H2. The van der Waals surface area contributed by atoms with Crippen molar-refractivity contribution in [3.8, 4) is 0 Å². The van der Waals surface area contributed by atoms with Crippen molar-refractivity contribution >= 4 is 0 Å². The first kappa shape index (κ1) is 12.9. The van der Waals surface area contributed by atoms with Crippen LogP contribution in [0.25, 0.3) is 0 Å². The van der Waals surface area contributed by atoms with E-state index < -0.39 is 0 Å². The Morgan fingerprint density at radius 3 is 2.13 bits per heavy atom. The van der Waals surface area contributed by atoms with Gasteiger partial charge in [-0.05, 0) is 38.9 Å². The first-order valence-corrected chi connectivity index (χ1v) is 5.82. The van der Waals surface area contributed by atoms with Gasteiger partial charge < -0.3 is 10.6 Å². The molecule has 15 heavy (non-hydrogen) atoms. The number of hydrogen-bond acceptors (Lipinski definition) is 5. The first-order valence-electron chi connectivity index (χ1n) is 5.82. The van der Waals surface area contributed by atoms with E-state index in [1.807, 2.05) is 0 Å². The Morgan fingerprint density at radius 2 is 1.27 bits per heavy atom. The van der Waals surface area contributed by atoms with Crippen LogP contribution in [0.5, 0.6) is 0 Å². The van der Waals surface area contributed by atoms with E-state index in [4.69, 9.17) is 9.78 Å². The zero-order valence-corrected chi connectivity index (χ0v) is 9.30. The van der Waals surface area contributed by atoms with Gasteiger partial charge in [-0.3, -0.25) is 0 Å². The van der Waals surface area contributed by atoms with E-state index in [2.05, 4.69) is 15.7 Å². The number of rotatable bonds is 0. The van der Waals surface area contributed by atoms with Crippen molar-refractivity contribution in [1.29, 1.82) is 0 Å². The largest absolute Gasteiger partial charge is 0.317 e. The molecule has 0 radical (unpaired) electrons. The third kappa shape index (κ3) is 8.77. The van der Waals surface area contributed by atoms with Gasteiger partial charge in [0, 0.05) is 6.54 Å². The molecule has 0 aromatic heterocycles. The van der Waals surface area contributed by atoms with Gasteiger partial charge in [0.15, 0.2) is 0 Å². The van der Waals surface area contributed by atoms with Crippen LogP contribution in [0.4, 0.5) is 0 Å². The maximum Gasteiger partial charge on any atom is 0.0978 e. The van der Waals surface area contributed by atoms with Crippen LogP contribution < -0.4 is 10.6 Å². The zero-order valence-electron chi connectivity index (χ0n) is 9.30. The summed E-state index contributed by atoms with van der Waals surface area (Å²) in [4.78, 5) is 9.62. The van der Waals surface area contributed by atoms with Gasteiger partial charge in [0.2, 0.25) is 0 Å². The summed E-state index contributed by atoms with van der Waals surface area (Å²) >= 11 is 0. The third-order valence-electron chi connectivity index (χ3n) is 2.25. The number of hydrogen-bond donors (Lipinski definition) is 2. The molecular formula is C10H22N2O3. The van der Waals surface area contributed by atoms with Gasteiger partial charge >= 0.3 is 0 Å². The summed E-state index contributed by atoms with van der Waals surface area (Å²) in [7, 11) is 0. The summed E-state index contributed by atoms with van der Waals surface area (Å²) in [5, 5.41) is 11.2. The van der Waals surface area contributed by atoms with Gasteiger partial charge in [0.05, 0.1) is 13.2 Å². The van der Waals surface area contributed by atoms with Crippen molar-refractivity contribution in [2.75, 3.05) is 39.4 Å². The Bertz CT molecular complexity index is 77.2. The molecule has 0 aromatic carbocycles. The summed E-state index contributed by atoms with van der Waals surface area (Å²) < 4.78 is 0. The van der Waals surface area contributed by atoms with Crippen LogP contribution in [0.2, 0.25) is 0 Å². The number of nitrogens with one attached hydrogen (secondary N) is 2. The maximum atomic E-state index is 4.82. The van der Waals surface area contributed by atoms with E-state index in [-0.39, 0.29) is 0 Å². The average molecular weight is 218 g/mol. The molecule has 0 aliphatic carbocycles. The highest BCUT2D eigenvalue weighted by Gasteiger charge is 1.95. The fraction of sp³-hybridized carbons (Fsp3) is 1.00. The monoisotopic (exact) mass is 218 g/mol. The lowest BCUT2D eigenvalue weighted by Gasteiger charge is -2.04. The van der Waals surface area contributed by atoms with Crippen molar-refractivity contribution in [2.24, 2.45) is 0 Å². The minimum atomic E-state index is 0.526. The summed E-state index contributed by atoms with van der Waals surface area (Å²) in [6.07, 6.45) is 4.68. The highest BCUT2D eigenvalue weighted by atomic mass is 17.5. The second kappa shape index (κ2) is 10.3. The summed E-state index contributed by atoms with van der Waals surface area (Å²) in [6, 6.07) is 0. The molecule has 5 nitrogen and oxygen atoms in total. The lowest BCUT2D eigenvalue weighted by atomic mass is 10.2. The summed E-state index contributed by atoms with van der Waals surface area (Å²) in [5.74, 6) is 0. The molecule has 1 aliphatic heterocycles. The fourth-order valence-corrected chi connectivity index (χ4v) is 1.40. The molecule has 1 heterocycles. The normalized spacial score (nSPS) is 24.0. The predicted molar refractivity (Wildman–Crippen MR) is 57.2 cm³/mol. The highest BCUT2D eigenvalue weighted by Crippen LogP contribution is 1.93. The Kier molecular flexibility index (Phi) is 8.85. The van der Waals surface area contributed by atoms with Crippen LogP contribution in [-0.2, 0) is 14.8 Å². The quantitative estimate of drug-likeness (QED) is 0.584. The van der Waals surface area contributed by atoms with Crippen LogP contribution in [0, 0.1) is 0 Å². The zero-order chi connectivity index (χ0) is 10.6. The van der Waals surface area contributed by atoms with Crippen molar-refractivity contribution in [1.82, 2.24) is 10.6 Å². The topological polar surface area (TPSA) is 51.8 Å². The van der Waals surface area contributed by atoms with Crippen LogP contribution in [0.15, 0.2) is 0 Å². The molecule has 2 N–H and O–H groups in total. The van der Waals surface area contributed by atoms with E-state index >= 15 is 0 Å². The molecule has 0 bridgehead atoms. The van der Waals surface area contributed by atoms with Crippen LogP contribution in [0.3, 0.4) is 0 Å². The van der Waals surface area contributed by atoms with Gasteiger partial charge in [0.25, 0.3) is 0 Å². The minimum absolute atomic E-state index is 0.526. The molecule has 1 aliphatic rings. The van der Waals surface area contributed by atoms with Crippen molar-refractivity contribution in [3.63, 3.8) is 0 Å². The van der Waals surface area contributed by atoms with Gasteiger partial charge in [-0.15, -0.1) is 0 Å². The lowest BCUT2D eigenvalue weighted by molar-refractivity contribution is -0.511. The third-order valence-corrected chi connectivity index (χ3v) is 2.25. The molecule has 0 atom stereocenters.